The van der Waals surface area contributed by atoms with Gasteiger partial charge in [-0.05, 0) is 52.9 Å². The van der Waals surface area contributed by atoms with Crippen LogP contribution in [0.3, 0.4) is 0 Å². The van der Waals surface area contributed by atoms with Gasteiger partial charge in [-0.2, -0.15) is 0 Å². The first-order chi connectivity index (χ1) is 13.3. The molecule has 1 aliphatic carbocycles. The van der Waals surface area contributed by atoms with Crippen molar-refractivity contribution in [2.45, 2.75) is 19.1 Å². The van der Waals surface area contributed by atoms with Crippen LogP contribution in [0.4, 0.5) is 0 Å². The molecule has 0 radical (unpaired) electrons. The van der Waals surface area contributed by atoms with E-state index in [0.717, 1.165) is 45.5 Å². The van der Waals surface area contributed by atoms with Gasteiger partial charge in [0.1, 0.15) is 18.5 Å². The molecule has 1 aliphatic rings. The highest BCUT2D eigenvalue weighted by atomic mass is 16.5. The van der Waals surface area contributed by atoms with Gasteiger partial charge < -0.3 is 9.84 Å². The Morgan fingerprint density at radius 1 is 0.852 bits per heavy atom. The van der Waals surface area contributed by atoms with Crippen LogP contribution in [0.2, 0.25) is 0 Å². The summed E-state index contributed by atoms with van der Waals surface area (Å²) in [4.78, 5) is 4.65. The molecular weight excluding hydrogens is 334 g/mol. The third kappa shape index (κ3) is 2.96. The molecule has 1 N–H and O–H groups in total. The second-order valence-corrected chi connectivity index (χ2v) is 6.92. The number of rotatable bonds is 3. The Balaban J connectivity index is 1.38. The molecule has 3 nitrogen and oxygen atoms in total. The molecule has 27 heavy (non-hydrogen) atoms. The Bertz CT molecular complexity index is 1140. The molecule has 0 bridgehead atoms. The first-order valence-electron chi connectivity index (χ1n) is 9.14. The van der Waals surface area contributed by atoms with Crippen molar-refractivity contribution in [3.05, 3.63) is 107 Å². The fourth-order valence-corrected chi connectivity index (χ4v) is 3.76. The lowest BCUT2D eigenvalue weighted by Gasteiger charge is -2.25. The first-order valence-corrected chi connectivity index (χ1v) is 9.14. The summed E-state index contributed by atoms with van der Waals surface area (Å²) in [5.74, 6) is 0.752. The van der Waals surface area contributed by atoms with Crippen molar-refractivity contribution in [2.75, 3.05) is 0 Å². The summed E-state index contributed by atoms with van der Waals surface area (Å²) < 4.78 is 5.97. The largest absolute Gasteiger partial charge is 0.487 e. The minimum atomic E-state index is -0.604. The molecule has 4 aromatic rings. The van der Waals surface area contributed by atoms with Gasteiger partial charge in [0.15, 0.2) is 0 Å². The number of benzene rings is 3. The molecule has 1 unspecified atom stereocenters. The fraction of sp³-hybridized carbons (Fsp3) is 0.125. The van der Waals surface area contributed by atoms with Gasteiger partial charge in [-0.25, -0.2) is 4.98 Å². The predicted octanol–water partition coefficient (Wildman–Crippen LogP) is 4.80. The third-order valence-corrected chi connectivity index (χ3v) is 5.19. The number of hydrogen-bond acceptors (Lipinski definition) is 3. The van der Waals surface area contributed by atoms with E-state index in [2.05, 4.69) is 29.2 Å². The Kier molecular flexibility index (Phi) is 3.88. The maximum Gasteiger partial charge on any atom is 0.130 e. The first kappa shape index (κ1) is 16.0. The fourth-order valence-electron chi connectivity index (χ4n) is 3.76. The highest BCUT2D eigenvalue weighted by Crippen LogP contribution is 2.36. The van der Waals surface area contributed by atoms with Crippen molar-refractivity contribution >= 4 is 10.9 Å². The summed E-state index contributed by atoms with van der Waals surface area (Å²) in [6.45, 7) is 0.399. The zero-order chi connectivity index (χ0) is 18.2. The summed E-state index contributed by atoms with van der Waals surface area (Å²) in [5, 5.41) is 11.9. The van der Waals surface area contributed by atoms with Gasteiger partial charge in [-0.3, -0.25) is 0 Å². The van der Waals surface area contributed by atoms with Gasteiger partial charge in [-0.1, -0.05) is 54.6 Å². The van der Waals surface area contributed by atoms with Gasteiger partial charge in [0.25, 0.3) is 0 Å². The Morgan fingerprint density at radius 2 is 1.67 bits per heavy atom. The molecule has 1 atom stereocenters. The van der Waals surface area contributed by atoms with Gasteiger partial charge in [0.2, 0.25) is 0 Å². The molecule has 3 aromatic carbocycles. The molecule has 0 spiro atoms. The van der Waals surface area contributed by atoms with E-state index in [4.69, 9.17) is 4.74 Å². The number of aliphatic hydroxyl groups is 1. The van der Waals surface area contributed by atoms with Gasteiger partial charge in [0, 0.05) is 5.39 Å². The summed E-state index contributed by atoms with van der Waals surface area (Å²) >= 11 is 0. The SMILES string of the molecule is OC1c2ccccc2Cc2ccc(OCc3ccc4ccccc4n3)cc21. The van der Waals surface area contributed by atoms with Crippen molar-refractivity contribution in [2.24, 2.45) is 0 Å². The third-order valence-electron chi connectivity index (χ3n) is 5.19. The van der Waals surface area contributed by atoms with Gasteiger partial charge >= 0.3 is 0 Å². The van der Waals surface area contributed by atoms with Crippen LogP contribution < -0.4 is 4.74 Å². The van der Waals surface area contributed by atoms with Crippen LogP contribution >= 0.6 is 0 Å². The highest BCUT2D eigenvalue weighted by Gasteiger charge is 2.23. The van der Waals surface area contributed by atoms with Crippen molar-refractivity contribution in [3.8, 4) is 5.75 Å². The Hall–Kier alpha value is -3.17. The molecule has 1 heterocycles. The Labute approximate surface area is 157 Å². The lowest BCUT2D eigenvalue weighted by molar-refractivity contribution is 0.214. The number of pyridine rings is 1. The number of aliphatic hydroxyl groups excluding tert-OH is 1. The smallest absolute Gasteiger partial charge is 0.130 e. The van der Waals surface area contributed by atoms with Crippen molar-refractivity contribution < 1.29 is 9.84 Å². The van der Waals surface area contributed by atoms with Gasteiger partial charge in [-0.15, -0.1) is 0 Å². The average Bonchev–Trinajstić information content (AvgIpc) is 2.72. The number of ether oxygens (including phenoxy) is 1. The predicted molar refractivity (Wildman–Crippen MR) is 106 cm³/mol. The summed E-state index contributed by atoms with van der Waals surface area (Å²) in [6.07, 6.45) is 0.238. The van der Waals surface area contributed by atoms with E-state index in [9.17, 15) is 5.11 Å². The van der Waals surface area contributed by atoms with Crippen LogP contribution in [0.5, 0.6) is 5.75 Å². The number of aromatic nitrogens is 1. The second kappa shape index (κ2) is 6.53. The van der Waals surface area contributed by atoms with Crippen molar-refractivity contribution in [3.63, 3.8) is 0 Å². The summed E-state index contributed by atoms with van der Waals surface area (Å²) in [5.41, 5.74) is 6.10. The molecule has 0 saturated heterocycles. The van der Waals surface area contributed by atoms with E-state index in [1.165, 1.54) is 5.56 Å². The molecular formula is C24H19NO2. The zero-order valence-electron chi connectivity index (χ0n) is 14.8. The zero-order valence-corrected chi connectivity index (χ0v) is 14.8. The van der Waals surface area contributed by atoms with Crippen molar-refractivity contribution in [1.29, 1.82) is 0 Å². The minimum absolute atomic E-state index is 0.399. The van der Waals surface area contributed by atoms with E-state index in [0.29, 0.717) is 6.61 Å². The number of hydrogen-bond donors (Lipinski definition) is 1. The van der Waals surface area contributed by atoms with Crippen LogP contribution in [-0.4, -0.2) is 10.1 Å². The molecule has 132 valence electrons. The molecule has 3 heteroatoms. The molecule has 0 amide bonds. The highest BCUT2D eigenvalue weighted by molar-refractivity contribution is 5.78. The van der Waals surface area contributed by atoms with Crippen LogP contribution in [-0.2, 0) is 13.0 Å². The molecule has 0 aliphatic heterocycles. The normalized spacial score (nSPS) is 15.2. The topological polar surface area (TPSA) is 42.4 Å². The number of nitrogens with zero attached hydrogens (tertiary/aromatic N) is 1. The lowest BCUT2D eigenvalue weighted by Crippen LogP contribution is -2.13. The maximum absolute atomic E-state index is 10.8. The lowest BCUT2D eigenvalue weighted by atomic mass is 9.84. The van der Waals surface area contributed by atoms with Crippen LogP contribution in [0.15, 0.2) is 78.9 Å². The van der Waals surface area contributed by atoms with E-state index < -0.39 is 6.10 Å². The van der Waals surface area contributed by atoms with E-state index in [-0.39, 0.29) is 0 Å². The summed E-state index contributed by atoms with van der Waals surface area (Å²) in [7, 11) is 0. The molecule has 1 aromatic heterocycles. The average molecular weight is 353 g/mol. The maximum atomic E-state index is 10.8. The van der Waals surface area contributed by atoms with E-state index in [1.807, 2.05) is 54.6 Å². The van der Waals surface area contributed by atoms with Crippen LogP contribution in [0.1, 0.15) is 34.1 Å². The molecule has 0 saturated carbocycles. The van der Waals surface area contributed by atoms with Crippen LogP contribution in [0, 0.1) is 0 Å². The Morgan fingerprint density at radius 3 is 2.63 bits per heavy atom. The van der Waals surface area contributed by atoms with Crippen molar-refractivity contribution in [1.82, 2.24) is 4.98 Å². The summed E-state index contributed by atoms with van der Waals surface area (Å²) in [6, 6.07) is 26.2. The number of fused-ring (bicyclic) bond motifs is 3. The minimum Gasteiger partial charge on any atom is -0.487 e. The van der Waals surface area contributed by atoms with E-state index >= 15 is 0 Å². The van der Waals surface area contributed by atoms with E-state index in [1.54, 1.807) is 0 Å². The molecule has 0 fully saturated rings. The standard InChI is InChI=1S/C24H19NO2/c26-24-21-7-3-1-6-17(21)13-18-10-12-20(14-22(18)24)27-15-19-11-9-16-5-2-4-8-23(16)25-19/h1-12,14,24,26H,13,15H2. The van der Waals surface area contributed by atoms with Gasteiger partial charge in [0.05, 0.1) is 11.2 Å². The quantitative estimate of drug-likeness (QED) is 0.575. The molecule has 5 rings (SSSR count). The second-order valence-electron chi connectivity index (χ2n) is 6.92. The van der Waals surface area contributed by atoms with Crippen LogP contribution in [0.25, 0.3) is 10.9 Å². The number of para-hydroxylation sites is 1. The monoisotopic (exact) mass is 353 g/mol.